The first-order chi connectivity index (χ1) is 12.3. The molecule has 1 aromatic heterocycles. The molecule has 0 unspecified atom stereocenters. The number of aromatic amines is 1. The predicted octanol–water partition coefficient (Wildman–Crippen LogP) is 1.28. The molecule has 1 aromatic carbocycles. The van der Waals surface area contributed by atoms with Gasteiger partial charge in [0.2, 0.25) is 5.91 Å². The Morgan fingerprint density at radius 2 is 2.15 bits per heavy atom. The maximum absolute atomic E-state index is 12.6. The van der Waals surface area contributed by atoms with Gasteiger partial charge in [0.15, 0.2) is 0 Å². The molecule has 0 radical (unpaired) electrons. The predicted molar refractivity (Wildman–Crippen MR) is 85.2 cm³/mol. The van der Waals surface area contributed by atoms with E-state index in [1.54, 1.807) is 7.11 Å². The van der Waals surface area contributed by atoms with Crippen LogP contribution in [0.15, 0.2) is 24.3 Å². The van der Waals surface area contributed by atoms with E-state index in [-0.39, 0.29) is 18.3 Å². The number of halogens is 3. The third-order valence-electron chi connectivity index (χ3n) is 4.29. The molecule has 10 heteroatoms. The number of hydrogen-bond acceptors (Lipinski definition) is 5. The van der Waals surface area contributed by atoms with Crippen molar-refractivity contribution in [3.05, 3.63) is 41.5 Å². The molecule has 0 saturated carbocycles. The molecule has 1 aliphatic rings. The van der Waals surface area contributed by atoms with Gasteiger partial charge in [0.05, 0.1) is 19.1 Å². The molecule has 1 fully saturated rings. The Labute approximate surface area is 147 Å². The molecular weight excluding hydrogens is 351 g/mol. The Morgan fingerprint density at radius 3 is 2.73 bits per heavy atom. The molecule has 0 spiro atoms. The summed E-state index contributed by atoms with van der Waals surface area (Å²) in [5.74, 6) is -0.844. The van der Waals surface area contributed by atoms with Gasteiger partial charge in [-0.05, 0) is 24.1 Å². The maximum atomic E-state index is 12.6. The minimum atomic E-state index is -4.62. The molecule has 2 heterocycles. The number of nitrogens with one attached hydrogen (secondary N) is 3. The van der Waals surface area contributed by atoms with Crippen LogP contribution < -0.4 is 15.4 Å². The zero-order valence-electron chi connectivity index (χ0n) is 14.0. The summed E-state index contributed by atoms with van der Waals surface area (Å²) in [6, 6.07) is 7.43. The summed E-state index contributed by atoms with van der Waals surface area (Å²) in [7, 11) is 1.57. The van der Waals surface area contributed by atoms with Gasteiger partial charge in [0, 0.05) is 13.1 Å². The molecule has 1 saturated heterocycles. The molecule has 140 valence electrons. The van der Waals surface area contributed by atoms with Gasteiger partial charge in [0.1, 0.15) is 11.6 Å². The number of aromatic nitrogens is 3. The number of benzene rings is 1. The van der Waals surface area contributed by atoms with E-state index in [0.717, 1.165) is 5.56 Å². The molecule has 2 aromatic rings. The maximum Gasteiger partial charge on any atom is 0.453 e. The fraction of sp³-hybridized carbons (Fsp3) is 0.438. The van der Waals surface area contributed by atoms with Crippen LogP contribution in [-0.2, 0) is 23.9 Å². The van der Waals surface area contributed by atoms with E-state index >= 15 is 0 Å². The van der Waals surface area contributed by atoms with E-state index < -0.39 is 17.4 Å². The monoisotopic (exact) mass is 369 g/mol. The van der Waals surface area contributed by atoms with Gasteiger partial charge < -0.3 is 15.4 Å². The van der Waals surface area contributed by atoms with Crippen molar-refractivity contribution in [2.75, 3.05) is 20.2 Å². The third-order valence-corrected chi connectivity index (χ3v) is 4.29. The van der Waals surface area contributed by atoms with Crippen LogP contribution in [0.1, 0.15) is 17.2 Å². The average molecular weight is 369 g/mol. The van der Waals surface area contributed by atoms with E-state index in [2.05, 4.69) is 25.8 Å². The van der Waals surface area contributed by atoms with Gasteiger partial charge in [-0.1, -0.05) is 12.1 Å². The molecule has 0 bridgehead atoms. The second-order valence-electron chi connectivity index (χ2n) is 6.20. The first-order valence-electron chi connectivity index (χ1n) is 7.93. The fourth-order valence-electron chi connectivity index (χ4n) is 2.82. The quantitative estimate of drug-likeness (QED) is 0.714. The van der Waals surface area contributed by atoms with Crippen LogP contribution >= 0.6 is 0 Å². The lowest BCUT2D eigenvalue weighted by molar-refractivity contribution is -0.144. The normalized spacial score (nSPS) is 16.0. The van der Waals surface area contributed by atoms with Crippen molar-refractivity contribution in [2.45, 2.75) is 19.1 Å². The van der Waals surface area contributed by atoms with Crippen LogP contribution in [0.4, 0.5) is 13.2 Å². The number of carbonyl (C=O) groups is 1. The molecule has 3 rings (SSSR count). The zero-order valence-corrected chi connectivity index (χ0v) is 14.0. The molecule has 26 heavy (non-hydrogen) atoms. The lowest BCUT2D eigenvalue weighted by Gasteiger charge is -2.41. The summed E-state index contributed by atoms with van der Waals surface area (Å²) in [6.07, 6.45) is -4.13. The lowest BCUT2D eigenvalue weighted by Crippen LogP contribution is -2.62. The van der Waals surface area contributed by atoms with Crippen molar-refractivity contribution >= 4 is 5.91 Å². The van der Waals surface area contributed by atoms with Gasteiger partial charge >= 0.3 is 6.18 Å². The number of amides is 1. The van der Waals surface area contributed by atoms with Gasteiger partial charge in [-0.2, -0.15) is 13.2 Å². The Bertz CT molecular complexity index is 786. The number of carbonyl (C=O) groups excluding carboxylic acids is 1. The van der Waals surface area contributed by atoms with Crippen molar-refractivity contribution in [1.29, 1.82) is 0 Å². The van der Waals surface area contributed by atoms with Gasteiger partial charge in [-0.15, -0.1) is 5.10 Å². The second kappa shape index (κ2) is 6.94. The lowest BCUT2D eigenvalue weighted by atomic mass is 9.75. The molecule has 0 atom stereocenters. The van der Waals surface area contributed by atoms with E-state index in [9.17, 15) is 18.0 Å². The molecule has 1 aliphatic heterocycles. The number of ether oxygens (including phenoxy) is 1. The van der Waals surface area contributed by atoms with E-state index in [4.69, 9.17) is 4.74 Å². The number of nitrogens with zero attached hydrogens (tertiary/aromatic N) is 2. The number of rotatable bonds is 6. The number of H-pyrrole nitrogens is 1. The van der Waals surface area contributed by atoms with Crippen molar-refractivity contribution in [2.24, 2.45) is 5.41 Å². The van der Waals surface area contributed by atoms with Crippen molar-refractivity contribution in [1.82, 2.24) is 25.8 Å². The number of hydrogen-bond donors (Lipinski definition) is 3. The highest BCUT2D eigenvalue weighted by molar-refractivity contribution is 5.84. The van der Waals surface area contributed by atoms with Crippen LogP contribution in [0.25, 0.3) is 0 Å². The first kappa shape index (κ1) is 18.2. The smallest absolute Gasteiger partial charge is 0.453 e. The highest BCUT2D eigenvalue weighted by atomic mass is 19.4. The summed E-state index contributed by atoms with van der Waals surface area (Å²) < 4.78 is 42.7. The van der Waals surface area contributed by atoms with E-state index in [1.165, 1.54) is 0 Å². The standard InChI is InChI=1S/C16H18F3N5O2/c1-26-11-4-2-3-10(5-11)6-15(8-20-9-15)14(25)21-7-12-22-13(24-23-12)16(17,18)19/h2-5,20H,6-9H2,1H3,(H,21,25)(H,22,23,24). The summed E-state index contributed by atoms with van der Waals surface area (Å²) in [6.45, 7) is 0.822. The minimum Gasteiger partial charge on any atom is -0.497 e. The summed E-state index contributed by atoms with van der Waals surface area (Å²) in [5.41, 5.74) is 0.291. The zero-order chi connectivity index (χ0) is 18.8. The summed E-state index contributed by atoms with van der Waals surface area (Å²) >= 11 is 0. The van der Waals surface area contributed by atoms with Gasteiger partial charge in [0.25, 0.3) is 5.82 Å². The molecule has 3 N–H and O–H groups in total. The average Bonchev–Trinajstić information content (AvgIpc) is 3.05. The van der Waals surface area contributed by atoms with E-state index in [0.29, 0.717) is 25.3 Å². The Kier molecular flexibility index (Phi) is 4.86. The number of alkyl halides is 3. The van der Waals surface area contributed by atoms with Crippen LogP contribution in [0.5, 0.6) is 5.75 Å². The van der Waals surface area contributed by atoms with Crippen molar-refractivity contribution in [3.63, 3.8) is 0 Å². The van der Waals surface area contributed by atoms with Crippen LogP contribution in [-0.4, -0.2) is 41.3 Å². The Balaban J connectivity index is 1.64. The highest BCUT2D eigenvalue weighted by Crippen LogP contribution is 2.30. The first-order valence-corrected chi connectivity index (χ1v) is 7.93. The SMILES string of the molecule is COc1cccc(CC2(C(=O)NCc3nc(C(F)(F)F)n[nH]3)CNC2)c1. The summed E-state index contributed by atoms with van der Waals surface area (Å²) in [5, 5.41) is 11.0. The second-order valence-corrected chi connectivity index (χ2v) is 6.20. The Morgan fingerprint density at radius 1 is 1.38 bits per heavy atom. The molecule has 0 aliphatic carbocycles. The largest absolute Gasteiger partial charge is 0.497 e. The summed E-state index contributed by atoms with van der Waals surface area (Å²) in [4.78, 5) is 16.0. The van der Waals surface area contributed by atoms with Crippen molar-refractivity contribution < 1.29 is 22.7 Å². The third kappa shape index (κ3) is 3.79. The van der Waals surface area contributed by atoms with Gasteiger partial charge in [-0.25, -0.2) is 4.98 Å². The minimum absolute atomic E-state index is 0.0468. The topological polar surface area (TPSA) is 91.9 Å². The van der Waals surface area contributed by atoms with E-state index in [1.807, 2.05) is 24.3 Å². The number of methoxy groups -OCH3 is 1. The van der Waals surface area contributed by atoms with Crippen molar-refractivity contribution in [3.8, 4) is 5.75 Å². The van der Waals surface area contributed by atoms with Crippen LogP contribution in [0.2, 0.25) is 0 Å². The van der Waals surface area contributed by atoms with Crippen LogP contribution in [0, 0.1) is 5.41 Å². The highest BCUT2D eigenvalue weighted by Gasteiger charge is 2.44. The molecule has 1 amide bonds. The molecular formula is C16H18F3N5O2. The Hall–Kier alpha value is -2.62. The van der Waals surface area contributed by atoms with Gasteiger partial charge in [-0.3, -0.25) is 9.89 Å². The fourth-order valence-corrected chi connectivity index (χ4v) is 2.82. The van der Waals surface area contributed by atoms with Crippen LogP contribution in [0.3, 0.4) is 0 Å². The molecule has 7 nitrogen and oxygen atoms in total.